The second-order valence-electron chi connectivity index (χ2n) is 9.98. The summed E-state index contributed by atoms with van der Waals surface area (Å²) >= 11 is 0. The topological polar surface area (TPSA) is 83.5 Å². The number of nitrogens with zero attached hydrogens (tertiary/aromatic N) is 7. The van der Waals surface area contributed by atoms with Crippen LogP contribution in [0.3, 0.4) is 0 Å². The summed E-state index contributed by atoms with van der Waals surface area (Å²) in [5.74, 6) is 3.77. The summed E-state index contributed by atoms with van der Waals surface area (Å²) in [7, 11) is 0. The SMILES string of the molecule is F[C@@H]1COC[C@@H]1n1cc(-c2nc(CC3CC4CCC3C4)nn2-c2cccc3ccncc23)nn1. The first kappa shape index (κ1) is 20.2. The van der Waals surface area contributed by atoms with Crippen molar-refractivity contribution in [1.29, 1.82) is 0 Å². The van der Waals surface area contributed by atoms with E-state index in [2.05, 4.69) is 21.4 Å². The first-order valence-corrected chi connectivity index (χ1v) is 12.2. The number of pyridine rings is 1. The number of rotatable bonds is 5. The lowest BCUT2D eigenvalue weighted by Crippen LogP contribution is -2.19. The molecule has 7 rings (SSSR count). The van der Waals surface area contributed by atoms with Crippen LogP contribution in [0.5, 0.6) is 0 Å². The number of alkyl halides is 1. The minimum atomic E-state index is -1.09. The monoisotopic (exact) mass is 459 g/mol. The quantitative estimate of drug-likeness (QED) is 0.449. The highest BCUT2D eigenvalue weighted by Gasteiger charge is 2.40. The van der Waals surface area contributed by atoms with Crippen LogP contribution in [0.4, 0.5) is 4.39 Å². The lowest BCUT2D eigenvalue weighted by Gasteiger charge is -2.19. The third-order valence-corrected chi connectivity index (χ3v) is 7.93. The van der Waals surface area contributed by atoms with Crippen LogP contribution < -0.4 is 0 Å². The van der Waals surface area contributed by atoms with E-state index in [4.69, 9.17) is 14.8 Å². The summed E-state index contributed by atoms with van der Waals surface area (Å²) in [4.78, 5) is 9.29. The van der Waals surface area contributed by atoms with Crippen molar-refractivity contribution in [3.05, 3.63) is 48.7 Å². The third kappa shape index (κ3) is 3.33. The smallest absolute Gasteiger partial charge is 0.185 e. The van der Waals surface area contributed by atoms with Gasteiger partial charge in [0.1, 0.15) is 17.9 Å². The molecule has 3 aliphatic rings. The molecular weight excluding hydrogens is 433 g/mol. The molecule has 174 valence electrons. The molecule has 0 N–H and O–H groups in total. The average molecular weight is 460 g/mol. The van der Waals surface area contributed by atoms with Crippen molar-refractivity contribution in [2.75, 3.05) is 13.2 Å². The molecule has 9 heteroatoms. The molecule has 2 bridgehead atoms. The van der Waals surface area contributed by atoms with Crippen molar-refractivity contribution in [2.45, 2.75) is 44.3 Å². The van der Waals surface area contributed by atoms with Crippen molar-refractivity contribution < 1.29 is 9.13 Å². The lowest BCUT2D eigenvalue weighted by atomic mass is 9.86. The van der Waals surface area contributed by atoms with E-state index in [1.807, 2.05) is 29.1 Å². The van der Waals surface area contributed by atoms with E-state index < -0.39 is 12.2 Å². The number of ether oxygens (including phenoxy) is 1. The van der Waals surface area contributed by atoms with E-state index in [1.165, 1.54) is 25.7 Å². The van der Waals surface area contributed by atoms with Gasteiger partial charge in [-0.2, -0.15) is 5.10 Å². The Morgan fingerprint density at radius 1 is 1.12 bits per heavy atom. The first-order chi connectivity index (χ1) is 16.7. The highest BCUT2D eigenvalue weighted by Crippen LogP contribution is 2.49. The summed E-state index contributed by atoms with van der Waals surface area (Å²) in [6, 6.07) is 7.62. The molecule has 3 fully saturated rings. The van der Waals surface area contributed by atoms with Crippen LogP contribution >= 0.6 is 0 Å². The predicted molar refractivity (Wildman–Crippen MR) is 123 cm³/mol. The molecule has 8 nitrogen and oxygen atoms in total. The van der Waals surface area contributed by atoms with Crippen molar-refractivity contribution in [3.8, 4) is 17.2 Å². The number of benzene rings is 1. The number of fused-ring (bicyclic) bond motifs is 3. The second kappa shape index (κ2) is 7.94. The van der Waals surface area contributed by atoms with Crippen LogP contribution in [0, 0.1) is 17.8 Å². The normalized spacial score (nSPS) is 28.3. The van der Waals surface area contributed by atoms with Gasteiger partial charge in [-0.15, -0.1) is 5.10 Å². The predicted octanol–water partition coefficient (Wildman–Crippen LogP) is 3.96. The van der Waals surface area contributed by atoms with Crippen molar-refractivity contribution in [3.63, 3.8) is 0 Å². The van der Waals surface area contributed by atoms with Gasteiger partial charge in [0.25, 0.3) is 0 Å². The van der Waals surface area contributed by atoms with Crippen molar-refractivity contribution in [1.82, 2.24) is 34.7 Å². The first-order valence-electron chi connectivity index (χ1n) is 12.2. The highest BCUT2D eigenvalue weighted by molar-refractivity contribution is 5.89. The lowest BCUT2D eigenvalue weighted by molar-refractivity contribution is 0.172. The molecule has 3 unspecified atom stereocenters. The van der Waals surface area contributed by atoms with Crippen molar-refractivity contribution >= 4 is 10.8 Å². The molecule has 2 aliphatic carbocycles. The zero-order valence-electron chi connectivity index (χ0n) is 18.8. The summed E-state index contributed by atoms with van der Waals surface area (Å²) in [5, 5.41) is 15.6. The standard InChI is InChI=1S/C25H26FN7O/c26-20-13-34-14-23(20)32-12-21(29-31-32)25-28-24(10-18-9-15-4-5-17(18)8-15)30-33(25)22-3-1-2-16-6-7-27-11-19(16)22/h1-3,6-7,11-12,15,17-18,20,23H,4-5,8-10,13-14H2/t15?,17?,18?,20-,23+/m1/s1. The van der Waals surface area contributed by atoms with Gasteiger partial charge in [0.05, 0.1) is 25.1 Å². The van der Waals surface area contributed by atoms with Crippen LogP contribution in [-0.4, -0.2) is 54.1 Å². The van der Waals surface area contributed by atoms with Gasteiger partial charge in [-0.3, -0.25) is 4.98 Å². The molecule has 0 spiro atoms. The van der Waals surface area contributed by atoms with Crippen molar-refractivity contribution in [2.24, 2.45) is 17.8 Å². The molecule has 4 aromatic rings. The molecule has 1 aliphatic heterocycles. The molecule has 1 saturated heterocycles. The summed E-state index contributed by atoms with van der Waals surface area (Å²) in [6.45, 7) is 0.383. The Morgan fingerprint density at radius 2 is 2.09 bits per heavy atom. The number of hydrogen-bond donors (Lipinski definition) is 0. The molecule has 34 heavy (non-hydrogen) atoms. The number of aromatic nitrogens is 7. The average Bonchev–Trinajstić information content (AvgIpc) is 3.67. The van der Waals surface area contributed by atoms with E-state index >= 15 is 0 Å². The van der Waals surface area contributed by atoms with Gasteiger partial charge in [0.15, 0.2) is 11.6 Å². The minimum Gasteiger partial charge on any atom is -0.376 e. The Kier molecular flexibility index (Phi) is 4.72. The molecule has 3 aromatic heterocycles. The van der Waals surface area contributed by atoms with Gasteiger partial charge < -0.3 is 4.74 Å². The maximum atomic E-state index is 14.3. The maximum Gasteiger partial charge on any atom is 0.185 e. The van der Waals surface area contributed by atoms with E-state index in [1.54, 1.807) is 17.1 Å². The maximum absolute atomic E-state index is 14.3. The van der Waals surface area contributed by atoms with Crippen LogP contribution in [0.15, 0.2) is 42.9 Å². The number of halogens is 1. The molecule has 1 aromatic carbocycles. The van der Waals surface area contributed by atoms with Crippen LogP contribution in [-0.2, 0) is 11.2 Å². The Morgan fingerprint density at radius 3 is 2.91 bits per heavy atom. The number of hydrogen-bond acceptors (Lipinski definition) is 6. The summed E-state index contributed by atoms with van der Waals surface area (Å²) in [5.41, 5.74) is 1.47. The van der Waals surface area contributed by atoms with Gasteiger partial charge in [-0.1, -0.05) is 23.8 Å². The summed E-state index contributed by atoms with van der Waals surface area (Å²) in [6.07, 6.45) is 10.5. The molecule has 4 heterocycles. The fourth-order valence-corrected chi connectivity index (χ4v) is 6.22. The molecule has 5 atom stereocenters. The fraction of sp³-hybridized carbons (Fsp3) is 0.480. The molecule has 0 radical (unpaired) electrons. The fourth-order valence-electron chi connectivity index (χ4n) is 6.22. The second-order valence-corrected chi connectivity index (χ2v) is 9.98. The van der Waals surface area contributed by atoms with Gasteiger partial charge in [0, 0.05) is 24.2 Å². The van der Waals surface area contributed by atoms with Gasteiger partial charge in [-0.05, 0) is 54.5 Å². The zero-order chi connectivity index (χ0) is 22.6. The highest BCUT2D eigenvalue weighted by atomic mass is 19.1. The molecular formula is C25H26FN7O. The zero-order valence-corrected chi connectivity index (χ0v) is 18.8. The van der Waals surface area contributed by atoms with Gasteiger partial charge >= 0.3 is 0 Å². The van der Waals surface area contributed by atoms with Gasteiger partial charge in [-0.25, -0.2) is 18.7 Å². The van der Waals surface area contributed by atoms with Gasteiger partial charge in [0.2, 0.25) is 0 Å². The third-order valence-electron chi connectivity index (χ3n) is 7.93. The Hall–Kier alpha value is -3.20. The van der Waals surface area contributed by atoms with E-state index in [9.17, 15) is 4.39 Å². The Balaban J connectivity index is 1.31. The minimum absolute atomic E-state index is 0.0900. The van der Waals surface area contributed by atoms with E-state index in [-0.39, 0.29) is 6.61 Å². The van der Waals surface area contributed by atoms with E-state index in [0.717, 1.165) is 40.5 Å². The molecule has 0 amide bonds. The molecule has 2 saturated carbocycles. The Labute approximate surface area is 196 Å². The van der Waals surface area contributed by atoms with Crippen LogP contribution in [0.2, 0.25) is 0 Å². The van der Waals surface area contributed by atoms with E-state index in [0.29, 0.717) is 24.0 Å². The van der Waals surface area contributed by atoms with Crippen LogP contribution in [0.1, 0.15) is 37.5 Å². The largest absolute Gasteiger partial charge is 0.376 e. The summed E-state index contributed by atoms with van der Waals surface area (Å²) < 4.78 is 23.0. The van der Waals surface area contributed by atoms with Crippen LogP contribution in [0.25, 0.3) is 28.0 Å². The Bertz CT molecular complexity index is 1340.